The van der Waals surface area contributed by atoms with Gasteiger partial charge in [0, 0.05) is 40.7 Å². The van der Waals surface area contributed by atoms with Gasteiger partial charge in [0.25, 0.3) is 0 Å². The molecule has 184 valence electrons. The van der Waals surface area contributed by atoms with E-state index >= 15 is 0 Å². The second kappa shape index (κ2) is 8.36. The van der Waals surface area contributed by atoms with Crippen LogP contribution in [-0.2, 0) is 13.0 Å². The van der Waals surface area contributed by atoms with E-state index in [-0.39, 0.29) is 18.6 Å². The fourth-order valence-electron chi connectivity index (χ4n) is 4.65. The van der Waals surface area contributed by atoms with E-state index in [0.29, 0.717) is 35.5 Å². The average Bonchev–Trinajstić information content (AvgIpc) is 3.44. The third kappa shape index (κ3) is 3.82. The summed E-state index contributed by atoms with van der Waals surface area (Å²) < 4.78 is 13.0. The topological polar surface area (TPSA) is 136 Å². The fraction of sp³-hybridized carbons (Fsp3) is 0.320. The maximum Gasteiger partial charge on any atom is 0.407 e. The molecule has 3 aromatic heterocycles. The fourth-order valence-corrected chi connectivity index (χ4v) is 4.65. The third-order valence-electron chi connectivity index (χ3n) is 6.85. The van der Waals surface area contributed by atoms with Crippen LogP contribution in [0.25, 0.3) is 10.9 Å². The van der Waals surface area contributed by atoms with Crippen molar-refractivity contribution in [3.05, 3.63) is 59.4 Å². The van der Waals surface area contributed by atoms with E-state index in [9.17, 15) is 14.7 Å². The molecule has 1 aromatic carbocycles. The number of hydrogen-bond donors (Lipinski definition) is 2. The molecule has 11 nitrogen and oxygen atoms in total. The maximum absolute atomic E-state index is 12.9. The molecular weight excluding hydrogens is 464 g/mol. The van der Waals surface area contributed by atoms with Crippen LogP contribution in [0.1, 0.15) is 48.3 Å². The van der Waals surface area contributed by atoms with E-state index in [0.717, 1.165) is 40.6 Å². The molecule has 0 saturated heterocycles. The van der Waals surface area contributed by atoms with E-state index in [1.165, 1.54) is 15.8 Å². The number of nitrogens with one attached hydrogen (secondary N) is 1. The third-order valence-corrected chi connectivity index (χ3v) is 6.85. The number of amides is 2. The van der Waals surface area contributed by atoms with Gasteiger partial charge in [-0.1, -0.05) is 5.16 Å². The summed E-state index contributed by atoms with van der Waals surface area (Å²) in [7, 11) is 0. The summed E-state index contributed by atoms with van der Waals surface area (Å²) in [6, 6.07) is 6.69. The number of benzene rings is 1. The lowest BCUT2D eigenvalue weighted by atomic mass is 10.00. The predicted octanol–water partition coefficient (Wildman–Crippen LogP) is 4.90. The molecule has 4 aromatic rings. The van der Waals surface area contributed by atoms with Crippen molar-refractivity contribution in [1.29, 1.82) is 0 Å². The number of ether oxygens (including phenoxy) is 1. The molecule has 36 heavy (non-hydrogen) atoms. The first-order valence-electron chi connectivity index (χ1n) is 11.8. The van der Waals surface area contributed by atoms with Crippen molar-refractivity contribution in [1.82, 2.24) is 24.6 Å². The van der Waals surface area contributed by atoms with Crippen LogP contribution in [0.5, 0.6) is 11.6 Å². The highest BCUT2D eigenvalue weighted by Crippen LogP contribution is 2.41. The van der Waals surface area contributed by atoms with Crippen molar-refractivity contribution < 1.29 is 24.0 Å². The Bertz CT molecular complexity index is 1500. The largest absolute Gasteiger partial charge is 0.465 e. The summed E-state index contributed by atoms with van der Waals surface area (Å²) in [5.41, 5.74) is 3.01. The van der Waals surface area contributed by atoms with Crippen LogP contribution < -0.4 is 10.1 Å². The average molecular weight is 489 g/mol. The van der Waals surface area contributed by atoms with Crippen molar-refractivity contribution >= 4 is 28.8 Å². The standard InChI is InChI=1S/C25H24N6O5/c1-13-9-17-18(11-31(13)25(33)34)26-12-27-23(17)35-20-6-5-19-16(14(20)2)7-8-30(19)24(32)28-22-10-21(36-29-22)15-3-4-15/h5-8,10,12-13,15H,3-4,9,11H2,1-2H3,(H,33,34)(H,28,29,32)/t13-/m0/s1. The quantitative estimate of drug-likeness (QED) is 0.414. The van der Waals surface area contributed by atoms with E-state index < -0.39 is 6.09 Å². The van der Waals surface area contributed by atoms with Gasteiger partial charge in [0.2, 0.25) is 5.88 Å². The number of aryl methyl sites for hydroxylation is 1. The van der Waals surface area contributed by atoms with Gasteiger partial charge in [0.1, 0.15) is 17.8 Å². The van der Waals surface area contributed by atoms with E-state index in [1.807, 2.05) is 26.0 Å². The molecule has 0 spiro atoms. The smallest absolute Gasteiger partial charge is 0.407 e. The van der Waals surface area contributed by atoms with E-state index in [4.69, 9.17) is 9.26 Å². The zero-order valence-corrected chi connectivity index (χ0v) is 19.8. The SMILES string of the molecule is Cc1c(Oc2ncnc3c2C[C@H](C)N(C(=O)O)C3)ccc2c1ccn2C(=O)Nc1cc(C2CC2)on1. The summed E-state index contributed by atoms with van der Waals surface area (Å²) in [4.78, 5) is 34.4. The molecule has 6 rings (SSSR count). The number of rotatable bonds is 4. The predicted molar refractivity (Wildman–Crippen MR) is 128 cm³/mol. The summed E-state index contributed by atoms with van der Waals surface area (Å²) in [6.07, 6.45) is 4.75. The lowest BCUT2D eigenvalue weighted by Gasteiger charge is -2.32. The Labute approximate surface area is 205 Å². The van der Waals surface area contributed by atoms with Crippen molar-refractivity contribution in [3.63, 3.8) is 0 Å². The Morgan fingerprint density at radius 1 is 1.22 bits per heavy atom. The van der Waals surface area contributed by atoms with Crippen LogP contribution in [0.15, 0.2) is 41.3 Å². The van der Waals surface area contributed by atoms with Gasteiger partial charge in [-0.15, -0.1) is 0 Å². The Kier molecular flexibility index (Phi) is 5.13. The van der Waals surface area contributed by atoms with Crippen LogP contribution >= 0.6 is 0 Å². The molecule has 2 aliphatic rings. The van der Waals surface area contributed by atoms with Gasteiger partial charge in [0.05, 0.1) is 17.8 Å². The maximum atomic E-state index is 12.9. The van der Waals surface area contributed by atoms with Crippen LogP contribution in [0, 0.1) is 6.92 Å². The first kappa shape index (κ1) is 22.1. The van der Waals surface area contributed by atoms with Gasteiger partial charge in [0.15, 0.2) is 5.82 Å². The summed E-state index contributed by atoms with van der Waals surface area (Å²) >= 11 is 0. The number of carboxylic acid groups (broad SMARTS) is 1. The Morgan fingerprint density at radius 3 is 2.83 bits per heavy atom. The number of fused-ring (bicyclic) bond motifs is 2. The van der Waals surface area contributed by atoms with Crippen molar-refractivity contribution in [3.8, 4) is 11.6 Å². The molecule has 1 saturated carbocycles. The number of aromatic nitrogens is 4. The molecule has 1 aliphatic carbocycles. The molecule has 4 heterocycles. The Hall–Kier alpha value is -4.41. The highest BCUT2D eigenvalue weighted by Gasteiger charge is 2.31. The minimum atomic E-state index is -0.976. The number of carbonyl (C=O) groups excluding carboxylic acids is 1. The van der Waals surface area contributed by atoms with Crippen LogP contribution in [0.4, 0.5) is 15.4 Å². The molecule has 0 unspecified atom stereocenters. The van der Waals surface area contributed by atoms with Gasteiger partial charge < -0.3 is 14.4 Å². The second-order valence-corrected chi connectivity index (χ2v) is 9.30. The first-order valence-corrected chi connectivity index (χ1v) is 11.8. The minimum absolute atomic E-state index is 0.189. The van der Waals surface area contributed by atoms with Gasteiger partial charge in [-0.05, 0) is 51.3 Å². The number of carbonyl (C=O) groups is 2. The highest BCUT2D eigenvalue weighted by atomic mass is 16.5. The zero-order valence-electron chi connectivity index (χ0n) is 19.8. The molecule has 0 radical (unpaired) electrons. The Morgan fingerprint density at radius 2 is 2.06 bits per heavy atom. The molecule has 1 aliphatic heterocycles. The molecule has 0 bridgehead atoms. The number of hydrogen-bond acceptors (Lipinski definition) is 7. The monoisotopic (exact) mass is 488 g/mol. The van der Waals surface area contributed by atoms with Gasteiger partial charge in [-0.25, -0.2) is 19.6 Å². The van der Waals surface area contributed by atoms with Crippen LogP contribution in [0.3, 0.4) is 0 Å². The molecule has 11 heteroatoms. The molecule has 1 fully saturated rings. The first-order chi connectivity index (χ1) is 17.4. The number of nitrogens with zero attached hydrogens (tertiary/aromatic N) is 5. The van der Waals surface area contributed by atoms with Crippen LogP contribution in [-0.4, -0.2) is 47.9 Å². The molecule has 2 amide bonds. The second-order valence-electron chi connectivity index (χ2n) is 9.30. The van der Waals surface area contributed by atoms with Crippen molar-refractivity contribution in [2.45, 2.75) is 51.6 Å². The molecular formula is C25H24N6O5. The summed E-state index contributed by atoms with van der Waals surface area (Å²) in [5, 5.41) is 17.0. The van der Waals surface area contributed by atoms with Gasteiger partial charge in [-0.3, -0.25) is 14.8 Å². The van der Waals surface area contributed by atoms with Gasteiger partial charge >= 0.3 is 12.1 Å². The minimum Gasteiger partial charge on any atom is -0.465 e. The normalized spacial score (nSPS) is 17.2. The zero-order chi connectivity index (χ0) is 25.0. The van der Waals surface area contributed by atoms with E-state index in [1.54, 1.807) is 18.3 Å². The molecule has 1 atom stereocenters. The van der Waals surface area contributed by atoms with Crippen molar-refractivity contribution in [2.75, 3.05) is 5.32 Å². The molecule has 2 N–H and O–H groups in total. The Balaban J connectivity index is 1.25. The summed E-state index contributed by atoms with van der Waals surface area (Å²) in [5.74, 6) is 2.62. The lowest BCUT2D eigenvalue weighted by Crippen LogP contribution is -2.42. The lowest BCUT2D eigenvalue weighted by molar-refractivity contribution is 0.118. The summed E-state index contributed by atoms with van der Waals surface area (Å²) in [6.45, 7) is 3.96. The van der Waals surface area contributed by atoms with E-state index in [2.05, 4.69) is 20.4 Å². The van der Waals surface area contributed by atoms with Gasteiger partial charge in [-0.2, -0.15) is 0 Å². The number of anilines is 1. The highest BCUT2D eigenvalue weighted by molar-refractivity contribution is 5.99. The van der Waals surface area contributed by atoms with Crippen LogP contribution in [0.2, 0.25) is 0 Å². The van der Waals surface area contributed by atoms with Crippen molar-refractivity contribution in [2.24, 2.45) is 0 Å².